The predicted molar refractivity (Wildman–Crippen MR) is 95.4 cm³/mol. The van der Waals surface area contributed by atoms with Gasteiger partial charge in [-0.2, -0.15) is 0 Å². The van der Waals surface area contributed by atoms with Gasteiger partial charge in [-0.1, -0.05) is 35.9 Å². The van der Waals surface area contributed by atoms with Crippen molar-refractivity contribution in [1.29, 1.82) is 0 Å². The number of esters is 1. The number of carbonyl (C=O) groups excluding carboxylic acids is 2. The van der Waals surface area contributed by atoms with Gasteiger partial charge in [0.2, 0.25) is 5.78 Å². The van der Waals surface area contributed by atoms with E-state index in [4.69, 9.17) is 16.3 Å². The quantitative estimate of drug-likeness (QED) is 0.386. The van der Waals surface area contributed by atoms with Gasteiger partial charge < -0.3 is 4.74 Å². The lowest BCUT2D eigenvalue weighted by Crippen LogP contribution is -2.12. The number of aromatic nitrogens is 1. The van der Waals surface area contributed by atoms with Crippen LogP contribution in [-0.4, -0.2) is 23.3 Å². The number of fused-ring (bicyclic) bond motifs is 1. The summed E-state index contributed by atoms with van der Waals surface area (Å²) in [6, 6.07) is 14.3. The molecule has 0 aliphatic carbocycles. The maximum absolute atomic E-state index is 12.0. The molecule has 0 radical (unpaired) electrons. The first kappa shape index (κ1) is 16.4. The third kappa shape index (κ3) is 3.88. The van der Waals surface area contributed by atoms with Gasteiger partial charge >= 0.3 is 5.97 Å². The van der Waals surface area contributed by atoms with Crippen molar-refractivity contribution in [2.24, 2.45) is 0 Å². The minimum atomic E-state index is -0.602. The fraction of sp³-hybridized carbons (Fsp3) is 0.0556. The fourth-order valence-electron chi connectivity index (χ4n) is 2.05. The van der Waals surface area contributed by atoms with E-state index in [1.807, 2.05) is 24.3 Å². The summed E-state index contributed by atoms with van der Waals surface area (Å²) >= 11 is 7.40. The second-order valence-corrected chi connectivity index (χ2v) is 6.33. The predicted octanol–water partition coefficient (Wildman–Crippen LogP) is 4.39. The number of thiazole rings is 1. The van der Waals surface area contributed by atoms with Gasteiger partial charge in [0.25, 0.3) is 0 Å². The zero-order chi connectivity index (χ0) is 16.9. The normalized spacial score (nSPS) is 11.0. The summed E-state index contributed by atoms with van der Waals surface area (Å²) in [5, 5.41) is 1.04. The molecule has 0 aliphatic rings. The van der Waals surface area contributed by atoms with E-state index in [1.165, 1.54) is 17.4 Å². The number of nitrogens with zero attached hydrogens (tertiary/aromatic N) is 1. The smallest absolute Gasteiger partial charge is 0.331 e. The molecule has 0 atom stereocenters. The first-order valence-electron chi connectivity index (χ1n) is 7.11. The average molecular weight is 358 g/mol. The number of carbonyl (C=O) groups is 2. The highest BCUT2D eigenvalue weighted by Gasteiger charge is 2.11. The summed E-state index contributed by atoms with van der Waals surface area (Å²) in [5.74, 6) is -0.947. The van der Waals surface area contributed by atoms with Crippen molar-refractivity contribution in [3.8, 4) is 0 Å². The molecule has 0 saturated carbocycles. The van der Waals surface area contributed by atoms with E-state index in [0.717, 1.165) is 10.2 Å². The fourth-order valence-corrected chi connectivity index (χ4v) is 3.16. The van der Waals surface area contributed by atoms with Crippen LogP contribution in [0.5, 0.6) is 0 Å². The highest BCUT2D eigenvalue weighted by atomic mass is 35.5. The Labute approximate surface area is 147 Å². The molecular weight excluding hydrogens is 346 g/mol. The Kier molecular flexibility index (Phi) is 5.03. The molecule has 3 rings (SSSR count). The van der Waals surface area contributed by atoms with E-state index in [9.17, 15) is 9.59 Å². The lowest BCUT2D eigenvalue weighted by Gasteiger charge is -2.03. The van der Waals surface area contributed by atoms with Crippen molar-refractivity contribution in [2.45, 2.75) is 0 Å². The van der Waals surface area contributed by atoms with Gasteiger partial charge in [0.05, 0.1) is 15.2 Å². The van der Waals surface area contributed by atoms with Crippen molar-refractivity contribution < 1.29 is 14.3 Å². The highest BCUT2D eigenvalue weighted by Crippen LogP contribution is 2.22. The summed E-state index contributed by atoms with van der Waals surface area (Å²) in [7, 11) is 0. The summed E-state index contributed by atoms with van der Waals surface area (Å²) in [6.45, 7) is -0.354. The molecule has 24 heavy (non-hydrogen) atoms. The number of rotatable bonds is 5. The van der Waals surface area contributed by atoms with Gasteiger partial charge in [0.15, 0.2) is 6.61 Å². The minimum Gasteiger partial charge on any atom is -0.454 e. The topological polar surface area (TPSA) is 56.3 Å². The average Bonchev–Trinajstić information content (AvgIpc) is 3.01. The lowest BCUT2D eigenvalue weighted by molar-refractivity contribution is -0.136. The third-order valence-electron chi connectivity index (χ3n) is 3.19. The van der Waals surface area contributed by atoms with Crippen molar-refractivity contribution in [3.05, 3.63) is 70.2 Å². The maximum atomic E-state index is 12.0. The number of hydrogen-bond acceptors (Lipinski definition) is 5. The van der Waals surface area contributed by atoms with Crippen LogP contribution in [0.1, 0.15) is 15.4 Å². The van der Waals surface area contributed by atoms with Crippen LogP contribution in [0.15, 0.2) is 54.6 Å². The molecule has 0 fully saturated rings. The van der Waals surface area contributed by atoms with Crippen LogP contribution in [0.3, 0.4) is 0 Å². The standard InChI is InChI=1S/C18H12ClNO3S/c19-13-6-2-1-5-12(13)15(21)11-23-18(22)10-9-17-20-14-7-3-4-8-16(14)24-17/h1-10H,11H2/b10-9+. The van der Waals surface area contributed by atoms with Crippen LogP contribution >= 0.6 is 22.9 Å². The second kappa shape index (κ2) is 7.38. The van der Waals surface area contributed by atoms with Crippen LogP contribution in [0.25, 0.3) is 16.3 Å². The van der Waals surface area contributed by atoms with Crippen LogP contribution in [0.2, 0.25) is 5.02 Å². The first-order chi connectivity index (χ1) is 11.6. The highest BCUT2D eigenvalue weighted by molar-refractivity contribution is 7.19. The molecule has 120 valence electrons. The van der Waals surface area contributed by atoms with Crippen molar-refractivity contribution >= 4 is 51.0 Å². The monoisotopic (exact) mass is 357 g/mol. The molecule has 3 aromatic rings. The Hall–Kier alpha value is -2.50. The van der Waals surface area contributed by atoms with Crippen LogP contribution in [0, 0.1) is 0 Å². The number of ether oxygens (including phenoxy) is 1. The molecule has 1 aromatic heterocycles. The van der Waals surface area contributed by atoms with E-state index in [2.05, 4.69) is 4.98 Å². The van der Waals surface area contributed by atoms with Gasteiger partial charge in [-0.15, -0.1) is 11.3 Å². The van der Waals surface area contributed by atoms with Gasteiger partial charge in [0, 0.05) is 11.6 Å². The Morgan fingerprint density at radius 2 is 1.88 bits per heavy atom. The number of benzene rings is 2. The Bertz CT molecular complexity index is 900. The summed E-state index contributed by atoms with van der Waals surface area (Å²) in [4.78, 5) is 28.1. The number of halogens is 1. The number of ketones is 1. The maximum Gasteiger partial charge on any atom is 0.331 e. The summed E-state index contributed by atoms with van der Waals surface area (Å²) < 4.78 is 5.99. The Balaban J connectivity index is 1.59. The van der Waals surface area contributed by atoms with Crippen LogP contribution in [0.4, 0.5) is 0 Å². The number of para-hydroxylation sites is 1. The lowest BCUT2D eigenvalue weighted by atomic mass is 10.1. The molecule has 0 aliphatic heterocycles. The van der Waals surface area contributed by atoms with E-state index in [0.29, 0.717) is 15.6 Å². The molecule has 0 bridgehead atoms. The number of hydrogen-bond donors (Lipinski definition) is 0. The zero-order valence-corrected chi connectivity index (χ0v) is 14.0. The zero-order valence-electron chi connectivity index (χ0n) is 12.4. The van der Waals surface area contributed by atoms with Gasteiger partial charge in [-0.05, 0) is 30.3 Å². The van der Waals surface area contributed by atoms with Gasteiger partial charge in [-0.25, -0.2) is 9.78 Å². The molecule has 0 spiro atoms. The van der Waals surface area contributed by atoms with Gasteiger partial charge in [0.1, 0.15) is 5.01 Å². The first-order valence-corrected chi connectivity index (χ1v) is 8.31. The van der Waals surface area contributed by atoms with Crippen molar-refractivity contribution in [1.82, 2.24) is 4.98 Å². The molecule has 0 unspecified atom stereocenters. The molecular formula is C18H12ClNO3S. The van der Waals surface area contributed by atoms with E-state index in [-0.39, 0.29) is 12.4 Å². The van der Waals surface area contributed by atoms with E-state index < -0.39 is 5.97 Å². The van der Waals surface area contributed by atoms with Gasteiger partial charge in [-0.3, -0.25) is 4.79 Å². The second-order valence-electron chi connectivity index (χ2n) is 4.86. The Morgan fingerprint density at radius 1 is 1.12 bits per heavy atom. The molecule has 2 aromatic carbocycles. The van der Waals surface area contributed by atoms with E-state index in [1.54, 1.807) is 30.3 Å². The molecule has 6 heteroatoms. The summed E-state index contributed by atoms with van der Waals surface area (Å²) in [6.07, 6.45) is 2.84. The SMILES string of the molecule is O=C(/C=C/c1nc2ccccc2s1)OCC(=O)c1ccccc1Cl. The van der Waals surface area contributed by atoms with Crippen molar-refractivity contribution in [2.75, 3.05) is 6.61 Å². The Morgan fingerprint density at radius 3 is 2.67 bits per heavy atom. The summed E-state index contributed by atoms with van der Waals surface area (Å²) in [5.41, 5.74) is 1.21. The largest absolute Gasteiger partial charge is 0.454 e. The van der Waals surface area contributed by atoms with E-state index >= 15 is 0 Å². The molecule has 0 saturated heterocycles. The molecule has 0 N–H and O–H groups in total. The van der Waals surface area contributed by atoms with Crippen LogP contribution in [-0.2, 0) is 9.53 Å². The molecule has 1 heterocycles. The van der Waals surface area contributed by atoms with Crippen molar-refractivity contribution in [3.63, 3.8) is 0 Å². The third-order valence-corrected chi connectivity index (χ3v) is 4.52. The molecule has 0 amide bonds. The number of Topliss-reactive ketones (excluding diaryl/α,β-unsaturated/α-hetero) is 1. The van der Waals surface area contributed by atoms with Crippen LogP contribution < -0.4 is 0 Å². The minimum absolute atomic E-state index is 0.335. The molecule has 4 nitrogen and oxygen atoms in total.